The summed E-state index contributed by atoms with van der Waals surface area (Å²) < 4.78 is 0. The lowest BCUT2D eigenvalue weighted by Gasteiger charge is -2.43. The van der Waals surface area contributed by atoms with Crippen LogP contribution in [0.4, 0.5) is 0 Å². The fourth-order valence-corrected chi connectivity index (χ4v) is 2.86. The van der Waals surface area contributed by atoms with Crippen LogP contribution in [0.3, 0.4) is 0 Å². The van der Waals surface area contributed by atoms with E-state index >= 15 is 0 Å². The fraction of sp³-hybridized carbons (Fsp3) is 0.647. The summed E-state index contributed by atoms with van der Waals surface area (Å²) in [6.45, 7) is 8.84. The maximum Gasteiger partial charge on any atom is 0.0233 e. The van der Waals surface area contributed by atoms with Crippen LogP contribution in [-0.2, 0) is 6.54 Å². The van der Waals surface area contributed by atoms with Crippen LogP contribution in [0.25, 0.3) is 0 Å². The Kier molecular flexibility index (Phi) is 5.00. The second kappa shape index (κ2) is 6.53. The van der Waals surface area contributed by atoms with E-state index in [0.29, 0.717) is 6.04 Å². The van der Waals surface area contributed by atoms with Gasteiger partial charge in [-0.25, -0.2) is 0 Å². The molecule has 1 N–H and O–H groups in total. The molecule has 2 rings (SSSR count). The molecule has 1 fully saturated rings. The molecular weight excluding hydrogens is 232 g/mol. The van der Waals surface area contributed by atoms with Crippen LogP contribution in [0.5, 0.6) is 0 Å². The van der Waals surface area contributed by atoms with Gasteiger partial charge in [-0.05, 0) is 44.8 Å². The SMILES string of the molecule is Cc1ccc(CN(C)C2CCC2CNC(C)C)cc1. The van der Waals surface area contributed by atoms with Crippen molar-refractivity contribution in [3.63, 3.8) is 0 Å². The van der Waals surface area contributed by atoms with E-state index in [9.17, 15) is 0 Å². The molecule has 1 aromatic carbocycles. The Morgan fingerprint density at radius 3 is 2.42 bits per heavy atom. The van der Waals surface area contributed by atoms with Crippen molar-refractivity contribution in [2.24, 2.45) is 5.92 Å². The van der Waals surface area contributed by atoms with Crippen molar-refractivity contribution >= 4 is 0 Å². The van der Waals surface area contributed by atoms with Crippen LogP contribution < -0.4 is 5.32 Å². The molecular formula is C17H28N2. The first-order valence-electron chi connectivity index (χ1n) is 7.55. The maximum absolute atomic E-state index is 3.58. The van der Waals surface area contributed by atoms with Gasteiger partial charge in [-0.2, -0.15) is 0 Å². The van der Waals surface area contributed by atoms with E-state index in [1.165, 1.54) is 30.5 Å². The van der Waals surface area contributed by atoms with Gasteiger partial charge < -0.3 is 5.32 Å². The molecule has 0 bridgehead atoms. The monoisotopic (exact) mass is 260 g/mol. The Labute approximate surface area is 118 Å². The minimum atomic E-state index is 0.601. The molecule has 106 valence electrons. The van der Waals surface area contributed by atoms with Crippen molar-refractivity contribution < 1.29 is 0 Å². The van der Waals surface area contributed by atoms with Gasteiger partial charge in [0, 0.05) is 18.6 Å². The lowest BCUT2D eigenvalue weighted by Crippen LogP contribution is -2.49. The van der Waals surface area contributed by atoms with E-state index < -0.39 is 0 Å². The largest absolute Gasteiger partial charge is 0.314 e. The topological polar surface area (TPSA) is 15.3 Å². The van der Waals surface area contributed by atoms with Crippen molar-refractivity contribution in [3.8, 4) is 0 Å². The molecule has 2 unspecified atom stereocenters. The van der Waals surface area contributed by atoms with E-state index in [0.717, 1.165) is 18.5 Å². The number of rotatable bonds is 6. The van der Waals surface area contributed by atoms with E-state index in [1.807, 2.05) is 0 Å². The summed E-state index contributed by atoms with van der Waals surface area (Å²) >= 11 is 0. The summed E-state index contributed by atoms with van der Waals surface area (Å²) in [7, 11) is 2.27. The van der Waals surface area contributed by atoms with Gasteiger partial charge >= 0.3 is 0 Å². The van der Waals surface area contributed by atoms with Crippen LogP contribution >= 0.6 is 0 Å². The predicted molar refractivity (Wildman–Crippen MR) is 82.3 cm³/mol. The molecule has 2 nitrogen and oxygen atoms in total. The Morgan fingerprint density at radius 2 is 1.89 bits per heavy atom. The Bertz CT molecular complexity index is 383. The second-order valence-electron chi connectivity index (χ2n) is 6.37. The number of nitrogens with zero attached hydrogens (tertiary/aromatic N) is 1. The van der Waals surface area contributed by atoms with Crippen LogP contribution in [0.1, 0.15) is 37.8 Å². The zero-order valence-electron chi connectivity index (χ0n) is 12.8. The summed E-state index contributed by atoms with van der Waals surface area (Å²) in [4.78, 5) is 2.53. The van der Waals surface area contributed by atoms with Crippen LogP contribution in [-0.4, -0.2) is 30.6 Å². The van der Waals surface area contributed by atoms with Gasteiger partial charge in [0.1, 0.15) is 0 Å². The summed E-state index contributed by atoms with van der Waals surface area (Å²) in [6.07, 6.45) is 2.73. The Hall–Kier alpha value is -0.860. The fourth-order valence-electron chi connectivity index (χ4n) is 2.86. The molecule has 0 radical (unpaired) electrons. The Balaban J connectivity index is 1.82. The predicted octanol–water partition coefficient (Wildman–Crippen LogP) is 3.20. The highest BCUT2D eigenvalue weighted by Gasteiger charge is 2.33. The van der Waals surface area contributed by atoms with E-state index in [2.05, 4.69) is 62.3 Å². The van der Waals surface area contributed by atoms with Crippen LogP contribution in [0.2, 0.25) is 0 Å². The van der Waals surface area contributed by atoms with Crippen molar-refractivity contribution in [2.75, 3.05) is 13.6 Å². The lowest BCUT2D eigenvalue weighted by atomic mass is 9.78. The highest BCUT2D eigenvalue weighted by atomic mass is 15.1. The highest BCUT2D eigenvalue weighted by molar-refractivity contribution is 5.21. The first-order valence-corrected chi connectivity index (χ1v) is 7.55. The number of hydrogen-bond acceptors (Lipinski definition) is 2. The van der Waals surface area contributed by atoms with E-state index in [1.54, 1.807) is 0 Å². The van der Waals surface area contributed by atoms with E-state index in [-0.39, 0.29) is 0 Å². The minimum absolute atomic E-state index is 0.601. The molecule has 1 saturated carbocycles. The van der Waals surface area contributed by atoms with Crippen LogP contribution in [0.15, 0.2) is 24.3 Å². The second-order valence-corrected chi connectivity index (χ2v) is 6.37. The van der Waals surface area contributed by atoms with Crippen LogP contribution in [0, 0.1) is 12.8 Å². The van der Waals surface area contributed by atoms with Crippen molar-refractivity contribution in [3.05, 3.63) is 35.4 Å². The van der Waals surface area contributed by atoms with Crippen molar-refractivity contribution in [1.82, 2.24) is 10.2 Å². The average molecular weight is 260 g/mol. The smallest absolute Gasteiger partial charge is 0.0233 e. The van der Waals surface area contributed by atoms with Gasteiger partial charge in [0.2, 0.25) is 0 Å². The lowest BCUT2D eigenvalue weighted by molar-refractivity contribution is 0.0768. The average Bonchev–Trinajstić information content (AvgIpc) is 2.30. The number of benzene rings is 1. The molecule has 2 heteroatoms. The molecule has 0 amide bonds. The molecule has 0 aliphatic heterocycles. The zero-order valence-corrected chi connectivity index (χ0v) is 12.8. The normalized spacial score (nSPS) is 22.8. The van der Waals surface area contributed by atoms with Crippen molar-refractivity contribution in [2.45, 2.75) is 52.2 Å². The first-order chi connectivity index (χ1) is 9.06. The number of nitrogens with one attached hydrogen (secondary N) is 1. The first kappa shape index (κ1) is 14.5. The quantitative estimate of drug-likeness (QED) is 0.845. The molecule has 0 aromatic heterocycles. The highest BCUT2D eigenvalue weighted by Crippen LogP contribution is 2.31. The molecule has 0 saturated heterocycles. The Morgan fingerprint density at radius 1 is 1.21 bits per heavy atom. The molecule has 0 heterocycles. The number of hydrogen-bond donors (Lipinski definition) is 1. The summed E-state index contributed by atoms with van der Waals surface area (Å²) in [5, 5.41) is 3.58. The van der Waals surface area contributed by atoms with Gasteiger partial charge in [0.05, 0.1) is 0 Å². The molecule has 2 atom stereocenters. The van der Waals surface area contributed by atoms with Gasteiger partial charge in [0.25, 0.3) is 0 Å². The standard InChI is InChI=1S/C17H28N2/c1-13(2)18-11-16-9-10-17(16)19(4)12-15-7-5-14(3)6-8-15/h5-8,13,16-18H,9-12H2,1-4H3. The molecule has 19 heavy (non-hydrogen) atoms. The van der Waals surface area contributed by atoms with Gasteiger partial charge in [-0.15, -0.1) is 0 Å². The zero-order chi connectivity index (χ0) is 13.8. The summed E-state index contributed by atoms with van der Waals surface area (Å²) in [5.74, 6) is 0.831. The van der Waals surface area contributed by atoms with E-state index in [4.69, 9.17) is 0 Å². The third-order valence-corrected chi connectivity index (χ3v) is 4.28. The number of aryl methyl sites for hydroxylation is 1. The molecule has 1 aliphatic carbocycles. The third-order valence-electron chi connectivity index (χ3n) is 4.28. The molecule has 1 aromatic rings. The van der Waals surface area contributed by atoms with Crippen molar-refractivity contribution in [1.29, 1.82) is 0 Å². The van der Waals surface area contributed by atoms with Gasteiger partial charge in [-0.1, -0.05) is 43.7 Å². The molecule has 0 spiro atoms. The maximum atomic E-state index is 3.58. The third kappa shape index (κ3) is 4.05. The van der Waals surface area contributed by atoms with Gasteiger partial charge in [-0.3, -0.25) is 4.90 Å². The summed E-state index contributed by atoms with van der Waals surface area (Å²) in [5.41, 5.74) is 2.77. The minimum Gasteiger partial charge on any atom is -0.314 e. The molecule has 1 aliphatic rings. The van der Waals surface area contributed by atoms with Gasteiger partial charge in [0.15, 0.2) is 0 Å². The summed E-state index contributed by atoms with van der Waals surface area (Å²) in [6, 6.07) is 10.3.